The molecule has 0 bridgehead atoms. The van der Waals surface area contributed by atoms with Gasteiger partial charge in [0.05, 0.1) is 15.9 Å². The maximum atomic E-state index is 11.8. The number of hydrogen-bond acceptors (Lipinski definition) is 5. The van der Waals surface area contributed by atoms with E-state index in [1.807, 2.05) is 31.2 Å². The maximum absolute atomic E-state index is 11.8. The highest BCUT2D eigenvalue weighted by atomic mass is 35.5. The molecule has 118 valence electrons. The SMILES string of the molecule is Cc1nn(C)c(Cl)c1/C=C/C(=O)OCc1nc2ccccc2s1. The molecular weight excluding hydrogens is 334 g/mol. The number of nitrogens with zero attached hydrogens (tertiary/aromatic N) is 3. The van der Waals surface area contributed by atoms with E-state index >= 15 is 0 Å². The van der Waals surface area contributed by atoms with Crippen LogP contribution in [-0.2, 0) is 23.2 Å². The zero-order chi connectivity index (χ0) is 16.4. The molecule has 0 saturated heterocycles. The van der Waals surface area contributed by atoms with E-state index in [1.165, 1.54) is 17.4 Å². The predicted octanol–water partition coefficient (Wildman–Crippen LogP) is 3.75. The Morgan fingerprint density at radius 2 is 2.22 bits per heavy atom. The first-order valence-corrected chi connectivity index (χ1v) is 8.12. The quantitative estimate of drug-likeness (QED) is 0.532. The topological polar surface area (TPSA) is 57.0 Å². The molecule has 2 heterocycles. The van der Waals surface area contributed by atoms with Crippen molar-refractivity contribution in [2.75, 3.05) is 0 Å². The van der Waals surface area contributed by atoms with Gasteiger partial charge < -0.3 is 4.74 Å². The average Bonchev–Trinajstić information content (AvgIpc) is 3.05. The molecule has 3 rings (SSSR count). The summed E-state index contributed by atoms with van der Waals surface area (Å²) in [6.45, 7) is 1.99. The van der Waals surface area contributed by atoms with Crippen LogP contribution in [0.4, 0.5) is 0 Å². The summed E-state index contributed by atoms with van der Waals surface area (Å²) in [7, 11) is 1.75. The van der Waals surface area contributed by atoms with Gasteiger partial charge in [0.25, 0.3) is 0 Å². The van der Waals surface area contributed by atoms with E-state index in [-0.39, 0.29) is 6.61 Å². The van der Waals surface area contributed by atoms with Crippen molar-refractivity contribution in [1.29, 1.82) is 0 Å². The van der Waals surface area contributed by atoms with Gasteiger partial charge in [-0.1, -0.05) is 23.7 Å². The monoisotopic (exact) mass is 347 g/mol. The van der Waals surface area contributed by atoms with Gasteiger partial charge in [0.15, 0.2) is 0 Å². The number of rotatable bonds is 4. The molecule has 3 aromatic rings. The maximum Gasteiger partial charge on any atom is 0.331 e. The fourth-order valence-electron chi connectivity index (χ4n) is 2.15. The van der Waals surface area contributed by atoms with E-state index in [1.54, 1.807) is 17.8 Å². The summed E-state index contributed by atoms with van der Waals surface area (Å²) in [6.07, 6.45) is 2.97. The molecule has 0 aliphatic rings. The number of fused-ring (bicyclic) bond motifs is 1. The summed E-state index contributed by atoms with van der Waals surface area (Å²) in [5, 5.41) is 5.43. The minimum absolute atomic E-state index is 0.155. The van der Waals surface area contributed by atoms with Gasteiger partial charge in [0, 0.05) is 18.7 Å². The molecule has 5 nitrogen and oxygen atoms in total. The molecule has 0 N–H and O–H groups in total. The highest BCUT2D eigenvalue weighted by Crippen LogP contribution is 2.22. The van der Waals surface area contributed by atoms with Crippen LogP contribution < -0.4 is 0 Å². The molecule has 0 unspecified atom stereocenters. The molecule has 0 radical (unpaired) electrons. The first-order chi connectivity index (χ1) is 11.0. The lowest BCUT2D eigenvalue weighted by Crippen LogP contribution is -2.00. The molecule has 0 amide bonds. The summed E-state index contributed by atoms with van der Waals surface area (Å²) in [5.74, 6) is -0.441. The minimum atomic E-state index is -0.441. The van der Waals surface area contributed by atoms with Crippen molar-refractivity contribution in [2.24, 2.45) is 7.05 Å². The lowest BCUT2D eigenvalue weighted by molar-refractivity contribution is -0.138. The molecule has 7 heteroatoms. The number of aryl methyl sites for hydroxylation is 2. The molecule has 0 saturated carbocycles. The molecule has 23 heavy (non-hydrogen) atoms. The van der Waals surface area contributed by atoms with E-state index in [0.29, 0.717) is 10.7 Å². The van der Waals surface area contributed by atoms with Crippen LogP contribution in [0, 0.1) is 6.92 Å². The second kappa shape index (κ2) is 6.52. The van der Waals surface area contributed by atoms with Crippen molar-refractivity contribution < 1.29 is 9.53 Å². The standard InChI is InChI=1S/C16H14ClN3O2S/c1-10-11(16(17)20(2)19-10)7-8-15(21)22-9-14-18-12-5-3-4-6-13(12)23-14/h3-8H,9H2,1-2H3/b8-7+. The van der Waals surface area contributed by atoms with Crippen LogP contribution in [0.3, 0.4) is 0 Å². The van der Waals surface area contributed by atoms with Gasteiger partial charge >= 0.3 is 5.97 Å². The van der Waals surface area contributed by atoms with Crippen LogP contribution in [0.15, 0.2) is 30.3 Å². The molecule has 0 fully saturated rings. The van der Waals surface area contributed by atoms with Crippen LogP contribution in [0.2, 0.25) is 5.15 Å². The molecule has 1 aromatic carbocycles. The number of hydrogen-bond donors (Lipinski definition) is 0. The molecule has 2 aromatic heterocycles. The third-order valence-electron chi connectivity index (χ3n) is 3.26. The van der Waals surface area contributed by atoms with Crippen LogP contribution >= 0.6 is 22.9 Å². The molecule has 0 aliphatic heterocycles. The first-order valence-electron chi connectivity index (χ1n) is 6.93. The Bertz CT molecular complexity index is 865. The minimum Gasteiger partial charge on any atom is -0.455 e. The summed E-state index contributed by atoms with van der Waals surface area (Å²) >= 11 is 7.62. The van der Waals surface area contributed by atoms with E-state index < -0.39 is 5.97 Å². The van der Waals surface area contributed by atoms with Gasteiger partial charge in [-0.05, 0) is 25.1 Å². The van der Waals surface area contributed by atoms with Crippen molar-refractivity contribution in [1.82, 2.24) is 14.8 Å². The van der Waals surface area contributed by atoms with Gasteiger partial charge in [0.1, 0.15) is 16.8 Å². The summed E-state index contributed by atoms with van der Waals surface area (Å²) < 4.78 is 7.85. The number of halogens is 1. The second-order valence-electron chi connectivity index (χ2n) is 4.93. The van der Waals surface area contributed by atoms with E-state index in [9.17, 15) is 4.79 Å². The number of thiazole rings is 1. The van der Waals surface area contributed by atoms with E-state index in [0.717, 1.165) is 20.9 Å². The smallest absolute Gasteiger partial charge is 0.331 e. The average molecular weight is 348 g/mol. The zero-order valence-electron chi connectivity index (χ0n) is 12.6. The largest absolute Gasteiger partial charge is 0.455 e. The normalized spacial score (nSPS) is 11.4. The number of benzene rings is 1. The molecule has 0 atom stereocenters. The number of carbonyl (C=O) groups is 1. The Hall–Kier alpha value is -2.18. The van der Waals surface area contributed by atoms with E-state index in [2.05, 4.69) is 10.1 Å². The van der Waals surface area contributed by atoms with Gasteiger partial charge in [-0.3, -0.25) is 4.68 Å². The molecule has 0 aliphatic carbocycles. The Balaban J connectivity index is 1.64. The predicted molar refractivity (Wildman–Crippen MR) is 91.4 cm³/mol. The second-order valence-corrected chi connectivity index (χ2v) is 6.40. The Labute approximate surface area is 142 Å². The summed E-state index contributed by atoms with van der Waals surface area (Å²) in [4.78, 5) is 16.2. The van der Waals surface area contributed by atoms with Gasteiger partial charge in [0.2, 0.25) is 0 Å². The van der Waals surface area contributed by atoms with Crippen molar-refractivity contribution in [3.8, 4) is 0 Å². The van der Waals surface area contributed by atoms with Gasteiger partial charge in [-0.2, -0.15) is 5.10 Å². The van der Waals surface area contributed by atoms with E-state index in [4.69, 9.17) is 16.3 Å². The van der Waals surface area contributed by atoms with Crippen molar-refractivity contribution in [3.63, 3.8) is 0 Å². The van der Waals surface area contributed by atoms with Crippen LogP contribution in [-0.4, -0.2) is 20.7 Å². The molecular formula is C16H14ClN3O2S. The number of aromatic nitrogens is 3. The third-order valence-corrected chi connectivity index (χ3v) is 4.72. The number of carbonyl (C=O) groups excluding carboxylic acids is 1. The zero-order valence-corrected chi connectivity index (χ0v) is 14.2. The van der Waals surface area contributed by atoms with Crippen LogP contribution in [0.5, 0.6) is 0 Å². The lowest BCUT2D eigenvalue weighted by atomic mass is 10.2. The first kappa shape index (κ1) is 15.7. The van der Waals surface area contributed by atoms with Crippen molar-refractivity contribution in [3.05, 3.63) is 51.8 Å². The fourth-order valence-corrected chi connectivity index (χ4v) is 3.27. The highest BCUT2D eigenvalue weighted by molar-refractivity contribution is 7.18. The number of ether oxygens (including phenoxy) is 1. The Kier molecular flexibility index (Phi) is 4.45. The third kappa shape index (κ3) is 3.43. The molecule has 0 spiro atoms. The van der Waals surface area contributed by atoms with Crippen LogP contribution in [0.1, 0.15) is 16.3 Å². The van der Waals surface area contributed by atoms with Crippen molar-refractivity contribution in [2.45, 2.75) is 13.5 Å². The van der Waals surface area contributed by atoms with Gasteiger partial charge in [-0.15, -0.1) is 11.3 Å². The summed E-state index contributed by atoms with van der Waals surface area (Å²) in [5.41, 5.74) is 2.38. The Morgan fingerprint density at radius 1 is 1.43 bits per heavy atom. The number of para-hydroxylation sites is 1. The van der Waals surface area contributed by atoms with Gasteiger partial charge in [-0.25, -0.2) is 9.78 Å². The Morgan fingerprint density at radius 3 is 2.91 bits per heavy atom. The number of esters is 1. The lowest BCUT2D eigenvalue weighted by Gasteiger charge is -1.98. The van der Waals surface area contributed by atoms with Crippen LogP contribution in [0.25, 0.3) is 16.3 Å². The van der Waals surface area contributed by atoms with Crippen molar-refractivity contribution >= 4 is 45.2 Å². The fraction of sp³-hybridized carbons (Fsp3) is 0.188. The summed E-state index contributed by atoms with van der Waals surface area (Å²) in [6, 6.07) is 7.81. The highest BCUT2D eigenvalue weighted by Gasteiger charge is 2.09.